The lowest BCUT2D eigenvalue weighted by molar-refractivity contribution is -0.141. The molecule has 0 aromatic heterocycles. The van der Waals surface area contributed by atoms with Gasteiger partial charge in [0.15, 0.2) is 0 Å². The van der Waals surface area contributed by atoms with Gasteiger partial charge in [-0.2, -0.15) is 0 Å². The van der Waals surface area contributed by atoms with Crippen molar-refractivity contribution in [1.29, 1.82) is 0 Å². The van der Waals surface area contributed by atoms with E-state index in [0.29, 0.717) is 19.1 Å². The first-order chi connectivity index (χ1) is 13.0. The molecule has 3 amide bonds. The van der Waals surface area contributed by atoms with Crippen LogP contribution in [0.25, 0.3) is 0 Å². The Bertz CT molecular complexity index is 731. The van der Waals surface area contributed by atoms with Crippen LogP contribution in [0.1, 0.15) is 50.6 Å². The van der Waals surface area contributed by atoms with Crippen molar-refractivity contribution in [1.82, 2.24) is 15.1 Å². The number of hydrogen-bond acceptors (Lipinski definition) is 3. The minimum absolute atomic E-state index is 0.0166. The van der Waals surface area contributed by atoms with Crippen molar-refractivity contribution in [3.63, 3.8) is 0 Å². The van der Waals surface area contributed by atoms with Gasteiger partial charge in [0.1, 0.15) is 6.04 Å². The molecule has 0 unspecified atom stereocenters. The van der Waals surface area contributed by atoms with Crippen LogP contribution in [0.2, 0.25) is 0 Å². The lowest BCUT2D eigenvalue weighted by atomic mass is 10.1. The number of hydrogen-bond donors (Lipinski definition) is 1. The van der Waals surface area contributed by atoms with E-state index in [-0.39, 0.29) is 42.1 Å². The van der Waals surface area contributed by atoms with E-state index in [1.165, 1.54) is 0 Å². The zero-order valence-electron chi connectivity index (χ0n) is 15.8. The summed E-state index contributed by atoms with van der Waals surface area (Å²) in [5.41, 5.74) is 1.07. The zero-order chi connectivity index (χ0) is 19.0. The molecule has 6 heteroatoms. The van der Waals surface area contributed by atoms with E-state index in [0.717, 1.165) is 31.2 Å². The number of amides is 3. The monoisotopic (exact) mass is 369 g/mol. The smallest absolute Gasteiger partial charge is 0.243 e. The maximum Gasteiger partial charge on any atom is 0.243 e. The highest BCUT2D eigenvalue weighted by molar-refractivity contribution is 5.93. The predicted molar refractivity (Wildman–Crippen MR) is 101 cm³/mol. The number of nitrogens with one attached hydrogen (secondary N) is 1. The molecule has 1 aromatic rings. The molecule has 1 N–H and O–H groups in total. The van der Waals surface area contributed by atoms with Gasteiger partial charge in [-0.25, -0.2) is 0 Å². The number of benzene rings is 1. The van der Waals surface area contributed by atoms with Crippen LogP contribution in [0.15, 0.2) is 30.3 Å². The van der Waals surface area contributed by atoms with Gasteiger partial charge in [0.25, 0.3) is 0 Å². The molecular weight excluding hydrogens is 342 g/mol. The summed E-state index contributed by atoms with van der Waals surface area (Å²) in [6.45, 7) is 3.05. The van der Waals surface area contributed by atoms with Gasteiger partial charge in [-0.3, -0.25) is 14.4 Å². The van der Waals surface area contributed by atoms with Gasteiger partial charge in [0.2, 0.25) is 17.7 Å². The Hall–Kier alpha value is -2.37. The summed E-state index contributed by atoms with van der Waals surface area (Å²) < 4.78 is 0. The molecule has 2 saturated heterocycles. The number of nitrogens with zero attached hydrogens (tertiary/aromatic N) is 2. The van der Waals surface area contributed by atoms with E-state index in [9.17, 15) is 14.4 Å². The standard InChI is InChI=1S/C21H27N3O3/c1-14(15-6-3-2-4-7-15)24-13-16(12-19(24)25)21(27)23-11-5-8-18(23)20(26)22-17-9-10-17/h2-4,6-7,14,16-18H,5,8-13H2,1H3,(H,22,26)/t14-,16+,18+/m1/s1. The third kappa shape index (κ3) is 3.70. The first-order valence-corrected chi connectivity index (χ1v) is 10.00. The minimum atomic E-state index is -0.367. The first kappa shape index (κ1) is 18.0. The van der Waals surface area contributed by atoms with Crippen molar-refractivity contribution in [3.8, 4) is 0 Å². The van der Waals surface area contributed by atoms with E-state index in [1.807, 2.05) is 37.3 Å². The fourth-order valence-electron chi connectivity index (χ4n) is 4.25. The third-order valence-electron chi connectivity index (χ3n) is 6.02. The number of carbonyl (C=O) groups is 3. The van der Waals surface area contributed by atoms with Crippen molar-refractivity contribution in [2.75, 3.05) is 13.1 Å². The van der Waals surface area contributed by atoms with Crippen LogP contribution in [0.5, 0.6) is 0 Å². The predicted octanol–water partition coefficient (Wildman–Crippen LogP) is 1.87. The summed E-state index contributed by atoms with van der Waals surface area (Å²) in [7, 11) is 0. The normalized spacial score (nSPS) is 26.3. The molecule has 144 valence electrons. The van der Waals surface area contributed by atoms with E-state index in [4.69, 9.17) is 0 Å². The Balaban J connectivity index is 1.41. The topological polar surface area (TPSA) is 69.7 Å². The van der Waals surface area contributed by atoms with Crippen molar-refractivity contribution in [3.05, 3.63) is 35.9 Å². The molecule has 3 atom stereocenters. The highest BCUT2D eigenvalue weighted by Crippen LogP contribution is 2.31. The molecule has 2 heterocycles. The average Bonchev–Trinajstić information content (AvgIpc) is 3.20. The van der Waals surface area contributed by atoms with Gasteiger partial charge in [-0.15, -0.1) is 0 Å². The molecule has 6 nitrogen and oxygen atoms in total. The van der Waals surface area contributed by atoms with Crippen molar-refractivity contribution >= 4 is 17.7 Å². The van der Waals surface area contributed by atoms with Crippen LogP contribution in [-0.2, 0) is 14.4 Å². The lowest BCUT2D eigenvalue weighted by Gasteiger charge is -2.28. The van der Waals surface area contributed by atoms with Crippen molar-refractivity contribution in [2.45, 2.75) is 57.2 Å². The fourth-order valence-corrected chi connectivity index (χ4v) is 4.25. The van der Waals surface area contributed by atoms with Crippen molar-refractivity contribution in [2.24, 2.45) is 5.92 Å². The molecule has 27 heavy (non-hydrogen) atoms. The molecule has 4 rings (SSSR count). The summed E-state index contributed by atoms with van der Waals surface area (Å²) in [5.74, 6) is -0.400. The van der Waals surface area contributed by atoms with E-state index >= 15 is 0 Å². The van der Waals surface area contributed by atoms with E-state index in [2.05, 4.69) is 5.32 Å². The molecule has 0 bridgehead atoms. The molecule has 1 aliphatic carbocycles. The molecular formula is C21H27N3O3. The van der Waals surface area contributed by atoms with Gasteiger partial charge in [-0.05, 0) is 38.2 Å². The molecule has 2 aliphatic heterocycles. The number of carbonyl (C=O) groups excluding carboxylic acids is 3. The molecule has 1 saturated carbocycles. The van der Waals surface area contributed by atoms with Gasteiger partial charge in [0, 0.05) is 25.6 Å². The Morgan fingerprint density at radius 2 is 1.89 bits per heavy atom. The second-order valence-corrected chi connectivity index (χ2v) is 8.01. The number of likely N-dealkylation sites (tertiary alicyclic amines) is 2. The fraction of sp³-hybridized carbons (Fsp3) is 0.571. The lowest BCUT2D eigenvalue weighted by Crippen LogP contribution is -2.48. The summed E-state index contributed by atoms with van der Waals surface area (Å²) in [6, 6.07) is 9.76. The van der Waals surface area contributed by atoms with E-state index in [1.54, 1.807) is 9.80 Å². The Labute approximate surface area is 159 Å². The first-order valence-electron chi connectivity index (χ1n) is 10.00. The van der Waals surface area contributed by atoms with Crippen LogP contribution in [-0.4, -0.2) is 52.7 Å². The van der Waals surface area contributed by atoms with Gasteiger partial charge in [-0.1, -0.05) is 30.3 Å². The van der Waals surface area contributed by atoms with Crippen LogP contribution < -0.4 is 5.32 Å². The van der Waals surface area contributed by atoms with Gasteiger partial charge < -0.3 is 15.1 Å². The summed E-state index contributed by atoms with van der Waals surface area (Å²) >= 11 is 0. The molecule has 3 fully saturated rings. The minimum Gasteiger partial charge on any atom is -0.352 e. The molecule has 3 aliphatic rings. The van der Waals surface area contributed by atoms with Crippen molar-refractivity contribution < 1.29 is 14.4 Å². The van der Waals surface area contributed by atoms with E-state index < -0.39 is 0 Å². The summed E-state index contributed by atoms with van der Waals surface area (Å²) in [5, 5.41) is 3.02. The highest BCUT2D eigenvalue weighted by Gasteiger charge is 2.43. The molecule has 0 radical (unpaired) electrons. The Morgan fingerprint density at radius 3 is 2.59 bits per heavy atom. The Kier molecular flexibility index (Phi) is 4.89. The number of rotatable bonds is 5. The highest BCUT2D eigenvalue weighted by atomic mass is 16.2. The molecule has 1 aromatic carbocycles. The second kappa shape index (κ2) is 7.33. The zero-order valence-corrected chi connectivity index (χ0v) is 15.8. The van der Waals surface area contributed by atoms with Gasteiger partial charge >= 0.3 is 0 Å². The second-order valence-electron chi connectivity index (χ2n) is 8.01. The van der Waals surface area contributed by atoms with Crippen LogP contribution >= 0.6 is 0 Å². The van der Waals surface area contributed by atoms with Crippen LogP contribution in [0.3, 0.4) is 0 Å². The summed E-state index contributed by atoms with van der Waals surface area (Å²) in [4.78, 5) is 41.6. The maximum absolute atomic E-state index is 13.1. The SMILES string of the molecule is C[C@H](c1ccccc1)N1C[C@@H](C(=O)N2CCC[C@H]2C(=O)NC2CC2)CC1=O. The van der Waals surface area contributed by atoms with Crippen LogP contribution in [0.4, 0.5) is 0 Å². The quantitative estimate of drug-likeness (QED) is 0.861. The Morgan fingerprint density at radius 1 is 1.15 bits per heavy atom. The maximum atomic E-state index is 13.1. The van der Waals surface area contributed by atoms with Crippen LogP contribution in [0, 0.1) is 5.92 Å². The largest absolute Gasteiger partial charge is 0.352 e. The average molecular weight is 369 g/mol. The summed E-state index contributed by atoms with van der Waals surface area (Å²) in [6.07, 6.45) is 3.88. The third-order valence-corrected chi connectivity index (χ3v) is 6.02. The molecule has 0 spiro atoms. The van der Waals surface area contributed by atoms with Gasteiger partial charge in [0.05, 0.1) is 12.0 Å².